The number of aliphatic imine (C=N–C) groups is 1. The second-order valence-corrected chi connectivity index (χ2v) is 7.71. The normalized spacial score (nSPS) is 14.9. The molecular weight excluding hydrogens is 402 g/mol. The molecule has 7 nitrogen and oxygen atoms in total. The number of aromatic amines is 1. The Kier molecular flexibility index (Phi) is 5.92. The Morgan fingerprint density at radius 1 is 1.27 bits per heavy atom. The lowest BCUT2D eigenvalue weighted by Gasteiger charge is -2.15. The first-order valence-corrected chi connectivity index (χ1v) is 10.3. The van der Waals surface area contributed by atoms with Crippen LogP contribution in [0.1, 0.15) is 28.9 Å². The molecule has 2 heterocycles. The maximum atomic E-state index is 12.3. The SMILES string of the molecule is CNC(N)=NC(=O)c1cc2c(Cl)ccc(Oc3cccc(CN4CCCC4)c3)c2[nH]1. The summed E-state index contributed by atoms with van der Waals surface area (Å²) < 4.78 is 6.15. The van der Waals surface area contributed by atoms with Gasteiger partial charge in [-0.05, 0) is 61.8 Å². The topological polar surface area (TPSA) is 95.7 Å². The van der Waals surface area contributed by atoms with Crippen molar-refractivity contribution in [2.45, 2.75) is 19.4 Å². The van der Waals surface area contributed by atoms with Gasteiger partial charge >= 0.3 is 0 Å². The summed E-state index contributed by atoms with van der Waals surface area (Å²) in [4.78, 5) is 21.7. The summed E-state index contributed by atoms with van der Waals surface area (Å²) in [5.41, 5.74) is 7.71. The van der Waals surface area contributed by atoms with Crippen LogP contribution >= 0.6 is 11.6 Å². The molecule has 2 aromatic carbocycles. The van der Waals surface area contributed by atoms with Crippen molar-refractivity contribution in [2.75, 3.05) is 20.1 Å². The largest absolute Gasteiger partial charge is 0.455 e. The first-order chi connectivity index (χ1) is 14.5. The van der Waals surface area contributed by atoms with E-state index in [1.165, 1.54) is 18.4 Å². The maximum Gasteiger partial charge on any atom is 0.296 e. The van der Waals surface area contributed by atoms with Gasteiger partial charge in [0, 0.05) is 19.0 Å². The van der Waals surface area contributed by atoms with Crippen LogP contribution in [0.15, 0.2) is 47.5 Å². The number of ether oxygens (including phenoxy) is 1. The van der Waals surface area contributed by atoms with Crippen molar-refractivity contribution in [3.05, 3.63) is 58.7 Å². The number of likely N-dealkylation sites (tertiary alicyclic amines) is 1. The van der Waals surface area contributed by atoms with Gasteiger partial charge in [0.15, 0.2) is 11.7 Å². The summed E-state index contributed by atoms with van der Waals surface area (Å²) in [5, 5.41) is 3.82. The molecule has 4 rings (SSSR count). The Balaban J connectivity index is 1.61. The molecule has 30 heavy (non-hydrogen) atoms. The van der Waals surface area contributed by atoms with Crippen LogP contribution in [0.4, 0.5) is 0 Å². The molecule has 1 aliphatic heterocycles. The molecule has 0 aliphatic carbocycles. The van der Waals surface area contributed by atoms with Crippen LogP contribution in [0.25, 0.3) is 10.9 Å². The first kappa shape index (κ1) is 20.3. The van der Waals surface area contributed by atoms with E-state index in [1.54, 1.807) is 25.2 Å². The van der Waals surface area contributed by atoms with Crippen LogP contribution in [-0.4, -0.2) is 41.9 Å². The van der Waals surface area contributed by atoms with Gasteiger partial charge in [0.1, 0.15) is 11.4 Å². The summed E-state index contributed by atoms with van der Waals surface area (Å²) in [6.07, 6.45) is 2.52. The van der Waals surface area contributed by atoms with Crippen LogP contribution in [0.5, 0.6) is 11.5 Å². The van der Waals surface area contributed by atoms with E-state index < -0.39 is 5.91 Å². The lowest BCUT2D eigenvalue weighted by Crippen LogP contribution is -2.28. The van der Waals surface area contributed by atoms with E-state index in [2.05, 4.69) is 26.3 Å². The van der Waals surface area contributed by atoms with Crippen LogP contribution in [0.3, 0.4) is 0 Å². The Morgan fingerprint density at radius 3 is 2.83 bits per heavy atom. The van der Waals surface area contributed by atoms with Crippen molar-refractivity contribution in [2.24, 2.45) is 10.7 Å². The molecule has 3 aromatic rings. The Bertz CT molecular complexity index is 1100. The number of nitrogens with one attached hydrogen (secondary N) is 2. The zero-order chi connectivity index (χ0) is 21.1. The zero-order valence-electron chi connectivity index (χ0n) is 16.7. The van der Waals surface area contributed by atoms with Gasteiger partial charge in [-0.2, -0.15) is 4.99 Å². The van der Waals surface area contributed by atoms with Gasteiger partial charge in [-0.3, -0.25) is 9.69 Å². The molecule has 0 bridgehead atoms. The number of carbonyl (C=O) groups excluding carboxylic acids is 1. The molecule has 0 atom stereocenters. The third kappa shape index (κ3) is 4.42. The van der Waals surface area contributed by atoms with Gasteiger partial charge in [-0.25, -0.2) is 0 Å². The van der Waals surface area contributed by atoms with E-state index in [1.807, 2.05) is 18.2 Å². The number of H-pyrrole nitrogens is 1. The van der Waals surface area contributed by atoms with E-state index in [9.17, 15) is 4.79 Å². The van der Waals surface area contributed by atoms with Crippen LogP contribution in [-0.2, 0) is 6.54 Å². The fourth-order valence-electron chi connectivity index (χ4n) is 3.62. The highest BCUT2D eigenvalue weighted by Gasteiger charge is 2.16. The Hall–Kier alpha value is -3.03. The number of nitrogens with two attached hydrogens (primary N) is 1. The van der Waals surface area contributed by atoms with E-state index in [0.717, 1.165) is 25.4 Å². The maximum absolute atomic E-state index is 12.3. The second-order valence-electron chi connectivity index (χ2n) is 7.30. The molecule has 0 radical (unpaired) electrons. The number of amides is 1. The number of benzene rings is 2. The molecule has 1 fully saturated rings. The highest BCUT2D eigenvalue weighted by molar-refractivity contribution is 6.35. The van der Waals surface area contributed by atoms with Crippen LogP contribution < -0.4 is 15.8 Å². The highest BCUT2D eigenvalue weighted by Crippen LogP contribution is 2.35. The minimum Gasteiger partial charge on any atom is -0.455 e. The van der Waals surface area contributed by atoms with Crippen molar-refractivity contribution < 1.29 is 9.53 Å². The van der Waals surface area contributed by atoms with Crippen LogP contribution in [0.2, 0.25) is 5.02 Å². The van der Waals surface area contributed by atoms with Gasteiger partial charge in [0.2, 0.25) is 0 Å². The van der Waals surface area contributed by atoms with Gasteiger partial charge in [-0.1, -0.05) is 23.7 Å². The van der Waals surface area contributed by atoms with Crippen molar-refractivity contribution in [1.82, 2.24) is 15.2 Å². The number of nitrogens with zero attached hydrogens (tertiary/aromatic N) is 2. The van der Waals surface area contributed by atoms with Crippen molar-refractivity contribution in [3.63, 3.8) is 0 Å². The van der Waals surface area contributed by atoms with E-state index in [4.69, 9.17) is 22.1 Å². The predicted molar refractivity (Wildman–Crippen MR) is 119 cm³/mol. The van der Waals surface area contributed by atoms with Gasteiger partial charge in [0.05, 0.1) is 10.5 Å². The van der Waals surface area contributed by atoms with Crippen molar-refractivity contribution in [1.29, 1.82) is 0 Å². The molecule has 1 saturated heterocycles. The number of hydrogen-bond donors (Lipinski definition) is 3. The number of carbonyl (C=O) groups is 1. The molecule has 0 spiro atoms. The smallest absolute Gasteiger partial charge is 0.296 e. The van der Waals surface area contributed by atoms with Crippen molar-refractivity contribution >= 4 is 34.4 Å². The minimum absolute atomic E-state index is 0.0380. The average Bonchev–Trinajstić information content (AvgIpc) is 3.41. The molecular formula is C22H24ClN5O2. The molecule has 0 saturated carbocycles. The zero-order valence-corrected chi connectivity index (χ0v) is 17.5. The molecule has 1 aliphatic rings. The predicted octanol–water partition coefficient (Wildman–Crippen LogP) is 3.88. The second kappa shape index (κ2) is 8.77. The number of rotatable bonds is 5. The monoisotopic (exact) mass is 425 g/mol. The average molecular weight is 426 g/mol. The number of hydrogen-bond acceptors (Lipinski definition) is 3. The number of fused-ring (bicyclic) bond motifs is 1. The first-order valence-electron chi connectivity index (χ1n) is 9.90. The van der Waals surface area contributed by atoms with Crippen molar-refractivity contribution in [3.8, 4) is 11.5 Å². The summed E-state index contributed by atoms with van der Waals surface area (Å²) in [6.45, 7) is 3.20. The van der Waals surface area contributed by atoms with Gasteiger partial charge < -0.3 is 20.8 Å². The molecule has 156 valence electrons. The van der Waals surface area contributed by atoms with E-state index in [-0.39, 0.29) is 11.7 Å². The molecule has 8 heteroatoms. The molecule has 0 unspecified atom stereocenters. The number of halogens is 1. The standard InChI is InChI=1S/C22H24ClN5O2/c1-25-22(24)27-21(29)18-12-16-17(23)7-8-19(20(16)26-18)30-15-6-4-5-14(11-15)13-28-9-2-3-10-28/h4-8,11-12,26H,2-3,9-10,13H2,1H3,(H3,24,25,27,29). The van der Waals surface area contributed by atoms with Gasteiger partial charge in [0.25, 0.3) is 5.91 Å². The summed E-state index contributed by atoms with van der Waals surface area (Å²) in [5.74, 6) is 0.858. The third-order valence-electron chi connectivity index (χ3n) is 5.14. The molecule has 4 N–H and O–H groups in total. The molecule has 1 aromatic heterocycles. The minimum atomic E-state index is -0.493. The summed E-state index contributed by atoms with van der Waals surface area (Å²) in [6, 6.07) is 13.3. The summed E-state index contributed by atoms with van der Waals surface area (Å²) in [7, 11) is 1.60. The summed E-state index contributed by atoms with van der Waals surface area (Å²) >= 11 is 6.34. The van der Waals surface area contributed by atoms with Gasteiger partial charge in [-0.15, -0.1) is 0 Å². The van der Waals surface area contributed by atoms with Crippen LogP contribution in [0, 0.1) is 0 Å². The fraction of sp³-hybridized carbons (Fsp3) is 0.273. The number of guanidine groups is 1. The Labute approximate surface area is 179 Å². The fourth-order valence-corrected chi connectivity index (χ4v) is 3.83. The quantitative estimate of drug-likeness (QED) is 0.426. The lowest BCUT2D eigenvalue weighted by molar-refractivity contribution is 0.0998. The third-order valence-corrected chi connectivity index (χ3v) is 5.47. The van der Waals surface area contributed by atoms with E-state index in [0.29, 0.717) is 21.7 Å². The highest BCUT2D eigenvalue weighted by atomic mass is 35.5. The molecule has 1 amide bonds. The number of aromatic nitrogens is 1. The Morgan fingerprint density at radius 2 is 2.07 bits per heavy atom. The van der Waals surface area contributed by atoms with E-state index >= 15 is 0 Å². The lowest BCUT2D eigenvalue weighted by atomic mass is 10.2.